The van der Waals surface area contributed by atoms with Gasteiger partial charge in [0.2, 0.25) is 0 Å². The van der Waals surface area contributed by atoms with E-state index >= 15 is 0 Å². The molecule has 1 atom stereocenters. The number of hydrogen-bond donors (Lipinski definition) is 3. The minimum Gasteiger partial charge on any atom is -0.508 e. The van der Waals surface area contributed by atoms with Crippen molar-refractivity contribution in [3.05, 3.63) is 47.0 Å². The fraction of sp³-hybridized carbons (Fsp3) is 0.333. The summed E-state index contributed by atoms with van der Waals surface area (Å²) in [5, 5.41) is 29.0. The Kier molecular flexibility index (Phi) is 3.88. The number of nitrogens with zero attached hydrogens (tertiary/aromatic N) is 2. The van der Waals surface area contributed by atoms with Crippen LogP contribution in [0.2, 0.25) is 0 Å². The molecule has 0 saturated carbocycles. The maximum Gasteiger partial charge on any atom is 0.304 e. The second-order valence-corrected chi connectivity index (χ2v) is 5.15. The van der Waals surface area contributed by atoms with Gasteiger partial charge in [-0.1, -0.05) is 12.1 Å². The van der Waals surface area contributed by atoms with Crippen LogP contribution in [-0.2, 0) is 11.8 Å². The minimum atomic E-state index is -0.972. The first-order valence-corrected chi connectivity index (χ1v) is 6.60. The highest BCUT2D eigenvalue weighted by Crippen LogP contribution is 2.29. The van der Waals surface area contributed by atoms with Gasteiger partial charge in [0, 0.05) is 13.8 Å². The highest BCUT2D eigenvalue weighted by molar-refractivity contribution is 5.68. The molecule has 0 aliphatic carbocycles. The molecule has 0 fully saturated rings. The number of aromatic nitrogens is 2. The van der Waals surface area contributed by atoms with Gasteiger partial charge in [-0.2, -0.15) is 0 Å². The molecule has 0 saturated heterocycles. The standard InChI is InChI=1S/C15H18N2O4/c1-9-10(2)17(21)15(16(9)3)13(8-14(19)20)11-5-4-6-12(18)7-11/h4-7,13H,8H2,1-3H3,(H2-,18,19,20,21)/p+1/t13-/m1/s1. The van der Waals surface area contributed by atoms with Crippen LogP contribution in [0.25, 0.3) is 0 Å². The SMILES string of the molecule is Cc1c(C)[n+](C)c([C@H](CC(=O)O)c2cccc(O)c2)n1O. The van der Waals surface area contributed by atoms with Gasteiger partial charge >= 0.3 is 11.8 Å². The van der Waals surface area contributed by atoms with Crippen LogP contribution in [0.3, 0.4) is 0 Å². The van der Waals surface area contributed by atoms with Gasteiger partial charge < -0.3 is 15.4 Å². The monoisotopic (exact) mass is 291 g/mol. The van der Waals surface area contributed by atoms with E-state index in [4.69, 9.17) is 0 Å². The van der Waals surface area contributed by atoms with Crippen molar-refractivity contribution in [3.8, 4) is 5.75 Å². The van der Waals surface area contributed by atoms with Gasteiger partial charge in [0.15, 0.2) is 5.69 Å². The molecule has 2 aromatic rings. The molecule has 112 valence electrons. The summed E-state index contributed by atoms with van der Waals surface area (Å²) < 4.78 is 2.79. The molecule has 0 bridgehead atoms. The smallest absolute Gasteiger partial charge is 0.304 e. The Morgan fingerprint density at radius 2 is 2.05 bits per heavy atom. The number of carboxylic acid groups (broad SMARTS) is 1. The zero-order valence-electron chi connectivity index (χ0n) is 12.2. The van der Waals surface area contributed by atoms with Gasteiger partial charge in [-0.05, 0) is 22.4 Å². The Morgan fingerprint density at radius 3 is 2.52 bits per heavy atom. The van der Waals surface area contributed by atoms with E-state index in [0.717, 1.165) is 10.4 Å². The van der Waals surface area contributed by atoms with E-state index in [0.29, 0.717) is 17.1 Å². The lowest BCUT2D eigenvalue weighted by atomic mass is 9.94. The number of carboxylic acids is 1. The second-order valence-electron chi connectivity index (χ2n) is 5.15. The van der Waals surface area contributed by atoms with Gasteiger partial charge in [-0.15, -0.1) is 0 Å². The average molecular weight is 291 g/mol. The molecule has 1 aromatic heterocycles. The highest BCUT2D eigenvalue weighted by atomic mass is 16.5. The molecule has 0 radical (unpaired) electrons. The Balaban J connectivity index is 2.62. The van der Waals surface area contributed by atoms with Crippen LogP contribution >= 0.6 is 0 Å². The van der Waals surface area contributed by atoms with Crippen molar-refractivity contribution in [2.45, 2.75) is 26.2 Å². The molecule has 0 unspecified atom stereocenters. The lowest BCUT2D eigenvalue weighted by molar-refractivity contribution is -0.686. The third-order valence-corrected chi connectivity index (χ3v) is 3.87. The van der Waals surface area contributed by atoms with E-state index in [1.54, 1.807) is 30.7 Å². The van der Waals surface area contributed by atoms with Crippen LogP contribution in [0.15, 0.2) is 24.3 Å². The van der Waals surface area contributed by atoms with Crippen LogP contribution in [0.5, 0.6) is 5.75 Å². The Morgan fingerprint density at radius 1 is 1.38 bits per heavy atom. The molecule has 0 spiro atoms. The number of imidazole rings is 1. The van der Waals surface area contributed by atoms with Gasteiger partial charge in [0.05, 0.1) is 19.4 Å². The van der Waals surface area contributed by atoms with Crippen molar-refractivity contribution >= 4 is 5.97 Å². The lowest BCUT2D eigenvalue weighted by Gasteiger charge is -2.12. The first-order valence-electron chi connectivity index (χ1n) is 6.60. The van der Waals surface area contributed by atoms with Gasteiger partial charge in [0.25, 0.3) is 0 Å². The van der Waals surface area contributed by atoms with Crippen molar-refractivity contribution in [1.82, 2.24) is 4.73 Å². The van der Waals surface area contributed by atoms with Crippen molar-refractivity contribution < 1.29 is 24.8 Å². The van der Waals surface area contributed by atoms with E-state index in [9.17, 15) is 20.2 Å². The predicted octanol–water partition coefficient (Wildman–Crippen LogP) is 1.48. The molecular formula is C15H19N2O4+. The van der Waals surface area contributed by atoms with Gasteiger partial charge in [0.1, 0.15) is 11.4 Å². The number of hydrogen-bond acceptors (Lipinski definition) is 3. The largest absolute Gasteiger partial charge is 0.508 e. The fourth-order valence-electron chi connectivity index (χ4n) is 2.54. The number of rotatable bonds is 4. The summed E-state index contributed by atoms with van der Waals surface area (Å²) in [6.45, 7) is 3.62. The first kappa shape index (κ1) is 14.9. The van der Waals surface area contributed by atoms with Crippen LogP contribution in [0, 0.1) is 13.8 Å². The third-order valence-electron chi connectivity index (χ3n) is 3.87. The molecule has 1 aromatic carbocycles. The summed E-state index contributed by atoms with van der Waals surface area (Å²) in [6, 6.07) is 6.44. The summed E-state index contributed by atoms with van der Waals surface area (Å²) in [5.74, 6) is -0.995. The summed E-state index contributed by atoms with van der Waals surface area (Å²) >= 11 is 0. The number of aromatic hydroxyl groups is 1. The van der Waals surface area contributed by atoms with E-state index in [1.807, 2.05) is 6.92 Å². The van der Waals surface area contributed by atoms with E-state index < -0.39 is 11.9 Å². The topological polar surface area (TPSA) is 86.6 Å². The van der Waals surface area contributed by atoms with Crippen molar-refractivity contribution in [2.24, 2.45) is 7.05 Å². The van der Waals surface area contributed by atoms with Crippen molar-refractivity contribution in [1.29, 1.82) is 0 Å². The molecular weight excluding hydrogens is 272 g/mol. The molecule has 1 heterocycles. The summed E-state index contributed by atoms with van der Waals surface area (Å²) in [7, 11) is 1.78. The molecule has 6 heteroatoms. The van der Waals surface area contributed by atoms with Gasteiger partial charge in [-0.25, -0.2) is 4.57 Å². The summed E-state index contributed by atoms with van der Waals surface area (Å²) in [6.07, 6.45) is -0.180. The zero-order chi connectivity index (χ0) is 15.7. The maximum absolute atomic E-state index is 11.2. The number of carbonyl (C=O) groups is 1. The lowest BCUT2D eigenvalue weighted by Crippen LogP contribution is -2.37. The quantitative estimate of drug-likeness (QED) is 0.588. The zero-order valence-corrected chi connectivity index (χ0v) is 12.2. The second kappa shape index (κ2) is 5.47. The van der Waals surface area contributed by atoms with Crippen LogP contribution in [0.4, 0.5) is 0 Å². The average Bonchev–Trinajstić information content (AvgIpc) is 2.61. The van der Waals surface area contributed by atoms with Crippen LogP contribution in [-0.4, -0.2) is 26.1 Å². The van der Waals surface area contributed by atoms with Gasteiger partial charge in [-0.3, -0.25) is 4.79 Å². The fourth-order valence-corrected chi connectivity index (χ4v) is 2.54. The Bertz CT molecular complexity index is 666. The van der Waals surface area contributed by atoms with Crippen LogP contribution < -0.4 is 4.57 Å². The molecule has 0 aliphatic rings. The van der Waals surface area contributed by atoms with Crippen molar-refractivity contribution in [3.63, 3.8) is 0 Å². The number of benzene rings is 1. The molecule has 21 heavy (non-hydrogen) atoms. The molecule has 3 N–H and O–H groups in total. The van der Waals surface area contributed by atoms with Crippen LogP contribution in [0.1, 0.15) is 35.1 Å². The maximum atomic E-state index is 11.2. The van der Waals surface area contributed by atoms with E-state index in [-0.39, 0.29) is 12.2 Å². The highest BCUT2D eigenvalue weighted by Gasteiger charge is 2.34. The van der Waals surface area contributed by atoms with E-state index in [1.165, 1.54) is 12.1 Å². The summed E-state index contributed by atoms with van der Waals surface area (Å²) in [5.41, 5.74) is 2.15. The molecule has 6 nitrogen and oxygen atoms in total. The summed E-state index contributed by atoms with van der Waals surface area (Å²) in [4.78, 5) is 11.2. The van der Waals surface area contributed by atoms with Crippen molar-refractivity contribution in [2.75, 3.05) is 0 Å². The molecule has 0 aliphatic heterocycles. The Labute approximate surface area is 122 Å². The predicted molar refractivity (Wildman–Crippen MR) is 74.5 cm³/mol. The molecule has 0 amide bonds. The number of phenols is 1. The normalized spacial score (nSPS) is 12.3. The Hall–Kier alpha value is -2.50. The molecule has 2 rings (SSSR count). The first-order chi connectivity index (χ1) is 9.82. The van der Waals surface area contributed by atoms with E-state index in [2.05, 4.69) is 0 Å². The number of aliphatic carboxylic acids is 1. The third kappa shape index (κ3) is 2.69. The minimum absolute atomic E-state index is 0.0648. The number of phenolic OH excluding ortho intramolecular Hbond substituents is 1.